The summed E-state index contributed by atoms with van der Waals surface area (Å²) in [6.07, 6.45) is 5.37. The molecule has 1 saturated carbocycles. The summed E-state index contributed by atoms with van der Waals surface area (Å²) in [5.74, 6) is -1.34. The summed E-state index contributed by atoms with van der Waals surface area (Å²) in [5, 5.41) is 2.64. The smallest absolute Gasteiger partial charge is 0.329 e. The van der Waals surface area contributed by atoms with Gasteiger partial charge in [-0.1, -0.05) is 12.8 Å². The molecule has 1 atom stereocenters. The fraction of sp³-hybridized carbons (Fsp3) is 0.571. The number of hydrogen-bond acceptors (Lipinski definition) is 6. The predicted molar refractivity (Wildman–Crippen MR) is 109 cm³/mol. The summed E-state index contributed by atoms with van der Waals surface area (Å²) in [4.78, 5) is 36.5. The fourth-order valence-corrected chi connectivity index (χ4v) is 5.60. The number of ether oxygens (including phenoxy) is 1. The molecule has 1 saturated heterocycles. The Bertz CT molecular complexity index is 885. The highest BCUT2D eigenvalue weighted by Crippen LogP contribution is 2.28. The number of ketones is 1. The van der Waals surface area contributed by atoms with E-state index in [9.17, 15) is 22.8 Å². The lowest BCUT2D eigenvalue weighted by Crippen LogP contribution is -2.45. The van der Waals surface area contributed by atoms with Crippen molar-refractivity contribution >= 4 is 27.7 Å². The number of rotatable bonds is 8. The molecular weight excluding hydrogens is 408 g/mol. The van der Waals surface area contributed by atoms with E-state index in [4.69, 9.17) is 4.74 Å². The van der Waals surface area contributed by atoms with Gasteiger partial charge in [0.2, 0.25) is 15.9 Å². The highest BCUT2D eigenvalue weighted by molar-refractivity contribution is 7.89. The van der Waals surface area contributed by atoms with Crippen molar-refractivity contribution in [3.63, 3.8) is 0 Å². The number of esters is 1. The van der Waals surface area contributed by atoms with Crippen LogP contribution >= 0.6 is 0 Å². The zero-order chi connectivity index (χ0) is 21.7. The third kappa shape index (κ3) is 5.26. The van der Waals surface area contributed by atoms with Crippen molar-refractivity contribution in [2.45, 2.75) is 56.4 Å². The van der Waals surface area contributed by atoms with Crippen LogP contribution in [0.4, 0.5) is 0 Å². The van der Waals surface area contributed by atoms with Gasteiger partial charge in [0.05, 0.1) is 4.90 Å². The number of carbonyl (C=O) groups is 3. The second-order valence-electron chi connectivity index (χ2n) is 7.89. The van der Waals surface area contributed by atoms with Gasteiger partial charge in [0, 0.05) is 25.6 Å². The van der Waals surface area contributed by atoms with Gasteiger partial charge >= 0.3 is 5.97 Å². The number of sulfonamides is 1. The van der Waals surface area contributed by atoms with Crippen molar-refractivity contribution in [1.29, 1.82) is 0 Å². The Balaban J connectivity index is 1.60. The van der Waals surface area contributed by atoms with E-state index in [1.54, 1.807) is 0 Å². The number of nitrogens with one attached hydrogen (secondary N) is 1. The molecule has 2 aliphatic rings. The minimum absolute atomic E-state index is 0.0200. The van der Waals surface area contributed by atoms with E-state index in [-0.39, 0.29) is 22.3 Å². The topological polar surface area (TPSA) is 110 Å². The molecule has 0 spiro atoms. The Hall–Kier alpha value is -2.26. The van der Waals surface area contributed by atoms with Crippen molar-refractivity contribution in [2.75, 3.05) is 19.7 Å². The molecule has 0 aromatic heterocycles. The van der Waals surface area contributed by atoms with Crippen molar-refractivity contribution in [3.8, 4) is 0 Å². The third-order valence-electron chi connectivity index (χ3n) is 5.71. The summed E-state index contributed by atoms with van der Waals surface area (Å²) >= 11 is 0. The molecule has 9 heteroatoms. The van der Waals surface area contributed by atoms with E-state index >= 15 is 0 Å². The molecule has 8 nitrogen and oxygen atoms in total. The lowest BCUT2D eigenvalue weighted by Gasteiger charge is -2.22. The van der Waals surface area contributed by atoms with E-state index in [1.807, 2.05) is 0 Å². The molecule has 3 rings (SSSR count). The Labute approximate surface area is 177 Å². The SMILES string of the molecule is CC(=O)NC(C(=O)OCC(=O)c1ccc(S(=O)(=O)N2CCCC2)cc1)C1CCCC1. The normalized spacial score (nSPS) is 18.8. The molecule has 1 aliphatic carbocycles. The Morgan fingerprint density at radius 2 is 1.67 bits per heavy atom. The molecule has 0 bridgehead atoms. The second kappa shape index (κ2) is 9.70. The molecule has 1 aromatic carbocycles. The Kier molecular flexibility index (Phi) is 7.25. The maximum Gasteiger partial charge on any atom is 0.329 e. The molecular formula is C21H28N2O6S. The van der Waals surface area contributed by atoms with Gasteiger partial charge in [0.25, 0.3) is 0 Å². The van der Waals surface area contributed by atoms with Crippen LogP contribution in [0, 0.1) is 5.92 Å². The van der Waals surface area contributed by atoms with Crippen LogP contribution in [0.1, 0.15) is 55.8 Å². The summed E-state index contributed by atoms with van der Waals surface area (Å²) in [5.41, 5.74) is 0.264. The number of Topliss-reactive ketones (excluding diaryl/α,β-unsaturated/α-hetero) is 1. The van der Waals surface area contributed by atoms with Gasteiger partial charge < -0.3 is 10.1 Å². The number of nitrogens with zero attached hydrogens (tertiary/aromatic N) is 1. The van der Waals surface area contributed by atoms with Gasteiger partial charge in [-0.25, -0.2) is 13.2 Å². The third-order valence-corrected chi connectivity index (χ3v) is 7.62. The number of hydrogen-bond donors (Lipinski definition) is 1. The first-order valence-electron chi connectivity index (χ1n) is 10.4. The minimum atomic E-state index is -3.54. The van der Waals surface area contributed by atoms with Gasteiger partial charge in [-0.05, 0) is 55.9 Å². The molecule has 30 heavy (non-hydrogen) atoms. The van der Waals surface area contributed by atoms with Gasteiger partial charge in [-0.3, -0.25) is 9.59 Å². The quantitative estimate of drug-likeness (QED) is 0.492. The minimum Gasteiger partial charge on any atom is -0.456 e. The first-order valence-corrected chi connectivity index (χ1v) is 11.8. The molecule has 1 aromatic rings. The van der Waals surface area contributed by atoms with Crippen LogP contribution in [-0.4, -0.2) is 56.1 Å². The van der Waals surface area contributed by atoms with Crippen LogP contribution in [0.15, 0.2) is 29.2 Å². The Morgan fingerprint density at radius 3 is 2.23 bits per heavy atom. The number of amides is 1. The van der Waals surface area contributed by atoms with Gasteiger partial charge in [0.1, 0.15) is 6.04 Å². The van der Waals surface area contributed by atoms with E-state index in [0.29, 0.717) is 13.1 Å². The first kappa shape index (κ1) is 22.4. The lowest BCUT2D eigenvalue weighted by atomic mass is 9.98. The van der Waals surface area contributed by atoms with Crippen LogP contribution in [0.2, 0.25) is 0 Å². The zero-order valence-electron chi connectivity index (χ0n) is 17.1. The zero-order valence-corrected chi connectivity index (χ0v) is 17.9. The van der Waals surface area contributed by atoms with Crippen LogP contribution < -0.4 is 5.32 Å². The van der Waals surface area contributed by atoms with E-state index in [1.165, 1.54) is 35.5 Å². The molecule has 164 valence electrons. The summed E-state index contributed by atoms with van der Waals surface area (Å²) in [6.45, 7) is 1.91. The standard InChI is InChI=1S/C21H28N2O6S/c1-15(24)22-20(17-6-2-3-7-17)21(26)29-14-19(25)16-8-10-18(11-9-16)30(27,28)23-12-4-5-13-23/h8-11,17,20H,2-7,12-14H2,1H3,(H,22,24). The van der Waals surface area contributed by atoms with Crippen molar-refractivity contribution in [3.05, 3.63) is 29.8 Å². The molecule has 1 amide bonds. The molecule has 1 aliphatic heterocycles. The van der Waals surface area contributed by atoms with Crippen LogP contribution in [-0.2, 0) is 24.3 Å². The molecule has 0 radical (unpaired) electrons. The maximum atomic E-state index is 12.6. The highest BCUT2D eigenvalue weighted by Gasteiger charge is 2.33. The van der Waals surface area contributed by atoms with E-state index in [0.717, 1.165) is 38.5 Å². The highest BCUT2D eigenvalue weighted by atomic mass is 32.2. The number of benzene rings is 1. The number of carbonyl (C=O) groups excluding carboxylic acids is 3. The average molecular weight is 437 g/mol. The fourth-order valence-electron chi connectivity index (χ4n) is 4.08. The summed E-state index contributed by atoms with van der Waals surface area (Å²) < 4.78 is 31.7. The summed E-state index contributed by atoms with van der Waals surface area (Å²) in [6, 6.07) is 4.93. The maximum absolute atomic E-state index is 12.6. The van der Waals surface area contributed by atoms with Gasteiger partial charge in [-0.2, -0.15) is 4.31 Å². The van der Waals surface area contributed by atoms with Crippen LogP contribution in [0.5, 0.6) is 0 Å². The van der Waals surface area contributed by atoms with E-state index in [2.05, 4.69) is 5.32 Å². The van der Waals surface area contributed by atoms with Gasteiger partial charge in [0.15, 0.2) is 12.4 Å². The lowest BCUT2D eigenvalue weighted by molar-refractivity contribution is -0.148. The average Bonchev–Trinajstić information content (AvgIpc) is 3.44. The van der Waals surface area contributed by atoms with Crippen molar-refractivity contribution < 1.29 is 27.5 Å². The Morgan fingerprint density at radius 1 is 1.07 bits per heavy atom. The molecule has 1 unspecified atom stereocenters. The molecule has 2 fully saturated rings. The largest absolute Gasteiger partial charge is 0.456 e. The monoisotopic (exact) mass is 436 g/mol. The van der Waals surface area contributed by atoms with E-state index < -0.39 is 34.4 Å². The predicted octanol–water partition coefficient (Wildman–Crippen LogP) is 1.89. The van der Waals surface area contributed by atoms with Crippen molar-refractivity contribution in [2.24, 2.45) is 5.92 Å². The summed E-state index contributed by atoms with van der Waals surface area (Å²) in [7, 11) is -3.54. The van der Waals surface area contributed by atoms with Crippen molar-refractivity contribution in [1.82, 2.24) is 9.62 Å². The first-order chi connectivity index (χ1) is 14.3. The molecule has 1 heterocycles. The van der Waals surface area contributed by atoms with Crippen LogP contribution in [0.25, 0.3) is 0 Å². The van der Waals surface area contributed by atoms with Gasteiger partial charge in [-0.15, -0.1) is 0 Å². The molecule has 1 N–H and O–H groups in total. The van der Waals surface area contributed by atoms with Crippen LogP contribution in [0.3, 0.4) is 0 Å². The second-order valence-corrected chi connectivity index (χ2v) is 9.83.